The minimum atomic E-state index is -0.0233. The Balaban J connectivity index is 1.69. The molecule has 1 heterocycles. The van der Waals surface area contributed by atoms with Gasteiger partial charge in [-0.2, -0.15) is 5.10 Å². The van der Waals surface area contributed by atoms with Gasteiger partial charge in [0.05, 0.1) is 10.9 Å². The van der Waals surface area contributed by atoms with Gasteiger partial charge in [-0.05, 0) is 37.8 Å². The first-order valence-corrected chi connectivity index (χ1v) is 7.76. The molecule has 2 aliphatic rings. The van der Waals surface area contributed by atoms with Crippen molar-refractivity contribution in [2.24, 2.45) is 16.9 Å². The normalized spacial score (nSPS) is 24.5. The summed E-state index contributed by atoms with van der Waals surface area (Å²) in [7, 11) is 0. The third-order valence-corrected chi connectivity index (χ3v) is 4.64. The van der Waals surface area contributed by atoms with E-state index in [2.05, 4.69) is 27.7 Å². The van der Waals surface area contributed by atoms with Crippen LogP contribution in [0.4, 0.5) is 5.95 Å². The van der Waals surface area contributed by atoms with Gasteiger partial charge in [0.1, 0.15) is 0 Å². The summed E-state index contributed by atoms with van der Waals surface area (Å²) in [5.41, 5.74) is 4.88. The highest BCUT2D eigenvalue weighted by Gasteiger charge is 2.37. The number of hydrogen-bond acceptors (Lipinski definition) is 4. The molecule has 2 aromatic rings. The summed E-state index contributed by atoms with van der Waals surface area (Å²) in [6, 6.07) is 7.42. The number of anilines is 1. The minimum absolute atomic E-state index is 0.0233. The van der Waals surface area contributed by atoms with E-state index in [0.717, 1.165) is 12.8 Å². The number of nitrogens with one attached hydrogen (secondary N) is 1. The molecule has 0 amide bonds. The Kier molecular flexibility index (Phi) is 3.06. The fourth-order valence-electron chi connectivity index (χ4n) is 3.33. The molecule has 0 spiro atoms. The van der Waals surface area contributed by atoms with E-state index in [1.165, 1.54) is 5.71 Å². The number of allylic oxidation sites excluding steroid dienone is 2. The lowest BCUT2D eigenvalue weighted by atomic mass is 9.74. The van der Waals surface area contributed by atoms with Crippen LogP contribution in [-0.4, -0.2) is 15.3 Å². The summed E-state index contributed by atoms with van der Waals surface area (Å²) < 4.78 is 1.63. The lowest BCUT2D eigenvalue weighted by molar-refractivity contribution is 0.466. The lowest BCUT2D eigenvalue weighted by Gasteiger charge is -2.31. The summed E-state index contributed by atoms with van der Waals surface area (Å²) >= 11 is 0. The summed E-state index contributed by atoms with van der Waals surface area (Å²) in [5, 5.41) is 5.15. The molecule has 0 unspecified atom stereocenters. The topological polar surface area (TPSA) is 59.3 Å². The maximum absolute atomic E-state index is 12.5. The number of rotatable bonds is 3. The average molecular weight is 294 g/mol. The van der Waals surface area contributed by atoms with Gasteiger partial charge in [-0.3, -0.25) is 9.36 Å². The number of para-hydroxylation sites is 1. The van der Waals surface area contributed by atoms with Crippen molar-refractivity contribution in [2.45, 2.75) is 26.3 Å². The molecule has 0 saturated heterocycles. The average Bonchev–Trinajstić information content (AvgIpc) is 2.89. The number of nitrogens with zero attached hydrogens (tertiary/aromatic N) is 3. The van der Waals surface area contributed by atoms with Crippen LogP contribution in [0.25, 0.3) is 10.9 Å². The third kappa shape index (κ3) is 1.96. The van der Waals surface area contributed by atoms with Gasteiger partial charge in [-0.25, -0.2) is 10.4 Å². The second-order valence-electron chi connectivity index (χ2n) is 5.86. The Hall–Kier alpha value is -2.43. The number of hydrazone groups is 1. The Morgan fingerprint density at radius 2 is 2.27 bits per heavy atom. The number of fused-ring (bicyclic) bond motifs is 2. The van der Waals surface area contributed by atoms with Gasteiger partial charge >= 0.3 is 0 Å². The predicted molar refractivity (Wildman–Crippen MR) is 88.1 cm³/mol. The van der Waals surface area contributed by atoms with Crippen molar-refractivity contribution in [3.05, 3.63) is 46.8 Å². The Labute approximate surface area is 128 Å². The first-order valence-electron chi connectivity index (χ1n) is 7.76. The first-order chi connectivity index (χ1) is 10.8. The zero-order valence-corrected chi connectivity index (χ0v) is 12.5. The molecular formula is C17H18N4O. The van der Waals surface area contributed by atoms with Crippen molar-refractivity contribution < 1.29 is 0 Å². The van der Waals surface area contributed by atoms with Crippen LogP contribution in [0.1, 0.15) is 19.8 Å². The van der Waals surface area contributed by atoms with Gasteiger partial charge in [0, 0.05) is 18.2 Å². The van der Waals surface area contributed by atoms with Crippen LogP contribution in [0.2, 0.25) is 0 Å². The molecular weight excluding hydrogens is 276 g/mol. The van der Waals surface area contributed by atoms with Crippen LogP contribution in [0.15, 0.2) is 46.3 Å². The second kappa shape index (κ2) is 5.09. The fraction of sp³-hybridized carbons (Fsp3) is 0.353. The fourth-order valence-corrected chi connectivity index (χ4v) is 3.33. The lowest BCUT2D eigenvalue weighted by Crippen LogP contribution is -2.34. The highest BCUT2D eigenvalue weighted by atomic mass is 16.1. The zero-order chi connectivity index (χ0) is 15.1. The van der Waals surface area contributed by atoms with Crippen molar-refractivity contribution >= 4 is 22.6 Å². The van der Waals surface area contributed by atoms with Crippen molar-refractivity contribution in [3.63, 3.8) is 0 Å². The molecule has 0 aliphatic heterocycles. The molecule has 0 bridgehead atoms. The van der Waals surface area contributed by atoms with Gasteiger partial charge in [0.25, 0.3) is 5.56 Å². The summed E-state index contributed by atoms with van der Waals surface area (Å²) in [6.45, 7) is 2.51. The van der Waals surface area contributed by atoms with Crippen LogP contribution in [0, 0.1) is 11.8 Å². The minimum Gasteiger partial charge on any atom is -0.277 e. The van der Waals surface area contributed by atoms with Gasteiger partial charge in [0.15, 0.2) is 0 Å². The highest BCUT2D eigenvalue weighted by Crippen LogP contribution is 2.40. The molecule has 112 valence electrons. The van der Waals surface area contributed by atoms with E-state index < -0.39 is 0 Å². The van der Waals surface area contributed by atoms with Gasteiger partial charge in [-0.15, -0.1) is 0 Å². The van der Waals surface area contributed by atoms with Crippen LogP contribution in [0.3, 0.4) is 0 Å². The first kappa shape index (κ1) is 13.2. The van der Waals surface area contributed by atoms with Crippen LogP contribution < -0.4 is 11.0 Å². The third-order valence-electron chi connectivity index (χ3n) is 4.64. The molecule has 0 radical (unpaired) electrons. The zero-order valence-electron chi connectivity index (χ0n) is 12.5. The molecule has 4 rings (SSSR count). The Morgan fingerprint density at radius 1 is 1.41 bits per heavy atom. The number of aromatic nitrogens is 2. The molecule has 1 fully saturated rings. The van der Waals surface area contributed by atoms with E-state index in [4.69, 9.17) is 0 Å². The molecule has 1 saturated carbocycles. The van der Waals surface area contributed by atoms with E-state index in [1.54, 1.807) is 4.57 Å². The van der Waals surface area contributed by atoms with Crippen molar-refractivity contribution in [3.8, 4) is 0 Å². The van der Waals surface area contributed by atoms with Gasteiger partial charge in [-0.1, -0.05) is 24.3 Å². The largest absolute Gasteiger partial charge is 0.277 e. The van der Waals surface area contributed by atoms with Crippen molar-refractivity contribution in [2.75, 3.05) is 5.43 Å². The van der Waals surface area contributed by atoms with Crippen molar-refractivity contribution in [1.29, 1.82) is 0 Å². The van der Waals surface area contributed by atoms with Crippen LogP contribution in [0.5, 0.6) is 0 Å². The monoisotopic (exact) mass is 294 g/mol. The Morgan fingerprint density at radius 3 is 3.09 bits per heavy atom. The molecule has 5 nitrogen and oxygen atoms in total. The van der Waals surface area contributed by atoms with E-state index in [9.17, 15) is 4.79 Å². The maximum Gasteiger partial charge on any atom is 0.262 e. The number of hydrogen-bond donors (Lipinski definition) is 1. The van der Waals surface area contributed by atoms with E-state index in [1.807, 2.05) is 31.2 Å². The van der Waals surface area contributed by atoms with Crippen LogP contribution >= 0.6 is 0 Å². The molecule has 1 aromatic heterocycles. The summed E-state index contributed by atoms with van der Waals surface area (Å²) in [4.78, 5) is 17.1. The predicted octanol–water partition coefficient (Wildman–Crippen LogP) is 2.78. The molecule has 2 aliphatic carbocycles. The standard InChI is InChI=1S/C17H18N4O/c1-2-21-16(22)13-7-3-4-9-14(13)18-17(21)20-19-15-10-11-6-5-8-12(11)15/h3-7,9,11-12H,2,8,10H2,1H3,(H,18,20)/b19-15-/t11-,12-/m1/s1. The molecule has 1 N–H and O–H groups in total. The smallest absolute Gasteiger partial charge is 0.262 e. The summed E-state index contributed by atoms with van der Waals surface area (Å²) in [6.07, 6.45) is 6.60. The molecule has 1 aromatic carbocycles. The molecule has 22 heavy (non-hydrogen) atoms. The van der Waals surface area contributed by atoms with Crippen molar-refractivity contribution in [1.82, 2.24) is 9.55 Å². The molecule has 5 heteroatoms. The number of benzene rings is 1. The maximum atomic E-state index is 12.5. The van der Waals surface area contributed by atoms with Gasteiger partial charge in [0.2, 0.25) is 5.95 Å². The summed E-state index contributed by atoms with van der Waals surface area (Å²) in [5.74, 6) is 1.74. The van der Waals surface area contributed by atoms with E-state index >= 15 is 0 Å². The van der Waals surface area contributed by atoms with Crippen LogP contribution in [-0.2, 0) is 6.54 Å². The van der Waals surface area contributed by atoms with E-state index in [-0.39, 0.29) is 5.56 Å². The highest BCUT2D eigenvalue weighted by molar-refractivity contribution is 5.94. The quantitative estimate of drug-likeness (QED) is 0.699. The molecule has 2 atom stereocenters. The second-order valence-corrected chi connectivity index (χ2v) is 5.86. The SMILES string of the molecule is CCn1c(N/N=C2/C[C@H]3C=CC[C@@H]23)nc2ccccc2c1=O. The van der Waals surface area contributed by atoms with E-state index in [0.29, 0.717) is 35.2 Å². The Bertz CT molecular complexity index is 849. The van der Waals surface area contributed by atoms with Gasteiger partial charge < -0.3 is 0 Å².